The zero-order valence-electron chi connectivity index (χ0n) is 33.5. The van der Waals surface area contributed by atoms with Crippen LogP contribution in [0, 0.1) is 5.92 Å². The number of carbonyl (C=O) groups excluding carboxylic acids is 6. The van der Waals surface area contributed by atoms with Crippen LogP contribution in [0.2, 0.25) is 0 Å². The first kappa shape index (κ1) is 47.3. The average molecular weight is 804 g/mol. The van der Waals surface area contributed by atoms with E-state index in [0.29, 0.717) is 11.1 Å². The highest BCUT2D eigenvalue weighted by molar-refractivity contribution is 7.89. The molecule has 0 heterocycles. The second-order valence-electron chi connectivity index (χ2n) is 14.9. The molecule has 0 spiro atoms. The van der Waals surface area contributed by atoms with E-state index in [1.165, 1.54) is 0 Å². The van der Waals surface area contributed by atoms with E-state index in [9.17, 15) is 41.6 Å². The molecule has 0 saturated carbocycles. The van der Waals surface area contributed by atoms with E-state index < -0.39 is 89.3 Å². The van der Waals surface area contributed by atoms with Crippen LogP contribution in [-0.4, -0.2) is 88.3 Å². The number of carbonyl (C=O) groups is 6. The molecule has 0 saturated heterocycles. The van der Waals surface area contributed by atoms with Crippen molar-refractivity contribution in [2.75, 3.05) is 26.3 Å². The van der Waals surface area contributed by atoms with E-state index >= 15 is 0 Å². The molecule has 15 nitrogen and oxygen atoms in total. The maximum atomic E-state index is 14.2. The monoisotopic (exact) mass is 803 g/mol. The molecule has 0 fully saturated rings. The largest absolute Gasteiger partial charge is 0.368 e. The Kier molecular flexibility index (Phi) is 18.6. The van der Waals surface area contributed by atoms with E-state index in [1.54, 1.807) is 44.2 Å². The molecule has 0 radical (unpaired) electrons. The van der Waals surface area contributed by atoms with Gasteiger partial charge in [-0.2, -0.15) is 4.72 Å². The first-order valence-corrected chi connectivity index (χ1v) is 20.2. The number of halogens is 1. The van der Waals surface area contributed by atoms with E-state index in [0.717, 1.165) is 11.1 Å². The zero-order chi connectivity index (χ0) is 42.3. The van der Waals surface area contributed by atoms with Crippen molar-refractivity contribution < 1.29 is 41.6 Å². The number of sulfonamides is 1. The number of primary amides is 1. The summed E-state index contributed by atoms with van der Waals surface area (Å²) in [5.74, 6) is -5.17. The van der Waals surface area contributed by atoms with Crippen LogP contribution in [-0.2, 0) is 45.2 Å². The van der Waals surface area contributed by atoms with Crippen LogP contribution < -0.4 is 37.0 Å². The molecule has 8 N–H and O–H groups in total. The van der Waals surface area contributed by atoms with Crippen LogP contribution in [0.5, 0.6) is 0 Å². The predicted molar refractivity (Wildman–Crippen MR) is 210 cm³/mol. The molecule has 310 valence electrons. The van der Waals surface area contributed by atoms with Crippen molar-refractivity contribution in [3.05, 3.63) is 64.7 Å². The molecule has 56 heavy (non-hydrogen) atoms. The quantitative estimate of drug-likeness (QED) is 0.0925. The van der Waals surface area contributed by atoms with Gasteiger partial charge in [0, 0.05) is 19.4 Å². The van der Waals surface area contributed by atoms with Gasteiger partial charge in [-0.1, -0.05) is 97.9 Å². The number of benzene rings is 2. The summed E-state index contributed by atoms with van der Waals surface area (Å²) in [7, 11) is -4.41. The van der Waals surface area contributed by atoms with Gasteiger partial charge in [0.2, 0.25) is 45.5 Å². The first-order valence-electron chi connectivity index (χ1n) is 18.7. The average Bonchev–Trinajstić information content (AvgIpc) is 3.13. The molecule has 17 heteroatoms. The first-order chi connectivity index (χ1) is 26.2. The van der Waals surface area contributed by atoms with Crippen LogP contribution in [0.4, 0.5) is 4.39 Å². The van der Waals surface area contributed by atoms with Crippen LogP contribution in [0.25, 0.3) is 0 Å². The minimum atomic E-state index is -4.41. The molecule has 3 atom stereocenters. The van der Waals surface area contributed by atoms with Gasteiger partial charge >= 0.3 is 0 Å². The third kappa shape index (κ3) is 14.6. The Morgan fingerprint density at radius 3 is 1.75 bits per heavy atom. The number of hydrogen-bond donors (Lipinski definition) is 7. The van der Waals surface area contributed by atoms with Crippen LogP contribution in [0.15, 0.2) is 47.4 Å². The molecule has 0 aliphatic carbocycles. The molecular weight excluding hydrogens is 746 g/mol. The lowest BCUT2D eigenvalue weighted by atomic mass is 9.89. The molecule has 0 aliphatic heterocycles. The van der Waals surface area contributed by atoms with Crippen LogP contribution in [0.3, 0.4) is 0 Å². The molecule has 2 aromatic rings. The standard InChI is InChI=1S/C39H58FN7O8S/c1-22(2)27-17-28(23(3)4)36(29(18-27)24(5)6)56(54,55)47-31(19-40)38(52)44-21-34(50)46-35(25(7)8)39(53)42-15-14-33(49)45-30(37(51)43-20-32(41)48)16-26-12-10-9-11-13-26/h9-13,17-18,22-25,30-31,35,47H,14-16,19-21H2,1-8H3,(H2,41,48)(H,42,53)(H,43,51)(H,44,52)(H,45,49)(H,46,50)/t30-,31?,35-/m0/s1. The van der Waals surface area contributed by atoms with Crippen LogP contribution >= 0.6 is 0 Å². The Balaban J connectivity index is 2.03. The third-order valence-electron chi connectivity index (χ3n) is 8.83. The minimum absolute atomic E-state index is 0.00290. The van der Waals surface area contributed by atoms with Gasteiger partial charge < -0.3 is 32.3 Å². The fourth-order valence-electron chi connectivity index (χ4n) is 5.68. The summed E-state index contributed by atoms with van der Waals surface area (Å²) in [6.45, 7) is 12.1. The lowest BCUT2D eigenvalue weighted by molar-refractivity contribution is -0.131. The molecule has 0 aliphatic rings. The van der Waals surface area contributed by atoms with Gasteiger partial charge in [-0.05, 0) is 45.9 Å². The van der Waals surface area contributed by atoms with Gasteiger partial charge in [0.05, 0.1) is 18.0 Å². The van der Waals surface area contributed by atoms with Crippen molar-refractivity contribution in [1.82, 2.24) is 31.3 Å². The van der Waals surface area contributed by atoms with Crippen molar-refractivity contribution in [3.63, 3.8) is 0 Å². The molecular formula is C39H58FN7O8S. The van der Waals surface area contributed by atoms with Crippen molar-refractivity contribution in [2.24, 2.45) is 11.7 Å². The van der Waals surface area contributed by atoms with Gasteiger partial charge in [0.25, 0.3) is 0 Å². The zero-order valence-corrected chi connectivity index (χ0v) is 34.3. The van der Waals surface area contributed by atoms with Gasteiger partial charge in [-0.25, -0.2) is 12.8 Å². The predicted octanol–water partition coefficient (Wildman–Crippen LogP) is 1.77. The maximum Gasteiger partial charge on any atom is 0.243 e. The second kappa shape index (κ2) is 22.0. The van der Waals surface area contributed by atoms with Gasteiger partial charge in [-0.3, -0.25) is 28.8 Å². The molecule has 6 amide bonds. The Morgan fingerprint density at radius 1 is 0.696 bits per heavy atom. The molecule has 2 rings (SSSR count). The molecule has 0 bridgehead atoms. The second-order valence-corrected chi connectivity index (χ2v) is 16.5. The lowest BCUT2D eigenvalue weighted by Gasteiger charge is -2.24. The van der Waals surface area contributed by atoms with Crippen molar-refractivity contribution >= 4 is 45.5 Å². The van der Waals surface area contributed by atoms with E-state index in [2.05, 4.69) is 31.3 Å². The number of hydrogen-bond acceptors (Lipinski definition) is 8. The van der Waals surface area contributed by atoms with E-state index in [-0.39, 0.29) is 42.0 Å². The SMILES string of the molecule is CC(C)c1cc(C(C)C)c(S(=O)(=O)NC(CF)C(=O)NCC(=O)N[C@H](C(=O)NCCC(=O)N[C@@H](Cc2ccccc2)C(=O)NCC(N)=O)C(C)C)c(C(C)C)c1. The fourth-order valence-corrected chi connectivity index (χ4v) is 7.56. The van der Waals surface area contributed by atoms with Crippen LogP contribution in [0.1, 0.15) is 102 Å². The topological polar surface area (TPSA) is 235 Å². The van der Waals surface area contributed by atoms with Crippen molar-refractivity contribution in [1.29, 1.82) is 0 Å². The van der Waals surface area contributed by atoms with Crippen molar-refractivity contribution in [2.45, 2.75) is 109 Å². The Labute approximate surface area is 329 Å². The Morgan fingerprint density at radius 2 is 1.25 bits per heavy atom. The maximum absolute atomic E-state index is 14.2. The van der Waals surface area contributed by atoms with Crippen molar-refractivity contribution in [3.8, 4) is 0 Å². The fraction of sp³-hybridized carbons (Fsp3) is 0.538. The number of nitrogens with two attached hydrogens (primary N) is 1. The smallest absolute Gasteiger partial charge is 0.243 e. The Bertz CT molecular complexity index is 1770. The normalized spacial score (nSPS) is 13.2. The molecule has 0 aromatic heterocycles. The highest BCUT2D eigenvalue weighted by Gasteiger charge is 2.32. The van der Waals surface area contributed by atoms with E-state index in [4.69, 9.17) is 5.73 Å². The summed E-state index contributed by atoms with van der Waals surface area (Å²) in [6, 6.07) is 8.55. The summed E-state index contributed by atoms with van der Waals surface area (Å²) >= 11 is 0. The van der Waals surface area contributed by atoms with E-state index in [1.807, 2.05) is 53.7 Å². The number of amides is 6. The summed E-state index contributed by atoms with van der Waals surface area (Å²) in [5, 5.41) is 12.3. The summed E-state index contributed by atoms with van der Waals surface area (Å²) in [6.07, 6.45) is -0.0987. The number of alkyl halides is 1. The summed E-state index contributed by atoms with van der Waals surface area (Å²) in [5.41, 5.74) is 7.91. The lowest BCUT2D eigenvalue weighted by Crippen LogP contribution is -2.54. The minimum Gasteiger partial charge on any atom is -0.368 e. The highest BCUT2D eigenvalue weighted by Crippen LogP contribution is 2.35. The van der Waals surface area contributed by atoms with Gasteiger partial charge in [0.1, 0.15) is 24.8 Å². The van der Waals surface area contributed by atoms with Gasteiger partial charge in [-0.15, -0.1) is 0 Å². The number of rotatable bonds is 22. The third-order valence-corrected chi connectivity index (χ3v) is 10.4. The summed E-state index contributed by atoms with van der Waals surface area (Å²) in [4.78, 5) is 75.5. The summed E-state index contributed by atoms with van der Waals surface area (Å²) < 4.78 is 43.9. The molecule has 1 unspecified atom stereocenters. The molecule has 2 aromatic carbocycles. The number of nitrogens with one attached hydrogen (secondary N) is 6. The van der Waals surface area contributed by atoms with Gasteiger partial charge in [0.15, 0.2) is 0 Å². The Hall–Kier alpha value is -4.90. The highest BCUT2D eigenvalue weighted by atomic mass is 32.2.